The molecule has 0 atom stereocenters. The quantitative estimate of drug-likeness (QED) is 0.109. The minimum atomic E-state index is -4.61. The lowest BCUT2D eigenvalue weighted by Crippen LogP contribution is -2.01. The Hall–Kier alpha value is -5.34. The number of azo groups is 2. The molecular weight excluding hydrogens is 627 g/mol. The number of rotatable bonds is 8. The zero-order valence-electron chi connectivity index (χ0n) is 24.1. The third-order valence-corrected chi connectivity index (χ3v) is 8.87. The maximum Gasteiger partial charge on any atom is 0.295 e. The molecule has 0 unspecified atom stereocenters. The molecule has 0 bridgehead atoms. The fraction of sp³-hybridized carbons (Fsp3) is 0.0303. The first-order valence-electron chi connectivity index (χ1n) is 13.8. The van der Waals surface area contributed by atoms with E-state index in [2.05, 4.69) is 25.8 Å². The maximum atomic E-state index is 12.4. The van der Waals surface area contributed by atoms with E-state index in [9.17, 15) is 25.9 Å². The van der Waals surface area contributed by atoms with Crippen LogP contribution in [-0.2, 0) is 20.2 Å². The van der Waals surface area contributed by atoms with E-state index in [1.165, 1.54) is 30.3 Å². The number of benzene rings is 6. The van der Waals surface area contributed by atoms with Crippen molar-refractivity contribution in [2.45, 2.75) is 16.7 Å². The van der Waals surface area contributed by atoms with Gasteiger partial charge in [0.15, 0.2) is 0 Å². The van der Waals surface area contributed by atoms with Crippen LogP contribution in [0, 0.1) is 6.92 Å². The Bertz CT molecular complexity index is 2400. The molecule has 0 aromatic heterocycles. The highest BCUT2D eigenvalue weighted by Crippen LogP contribution is 2.40. The first-order valence-corrected chi connectivity index (χ1v) is 16.7. The molecule has 0 saturated carbocycles. The summed E-state index contributed by atoms with van der Waals surface area (Å²) >= 11 is 0. The Kier molecular flexibility index (Phi) is 8.15. The molecule has 46 heavy (non-hydrogen) atoms. The highest BCUT2D eigenvalue weighted by atomic mass is 32.2. The van der Waals surface area contributed by atoms with Gasteiger partial charge in [0.05, 0.1) is 27.6 Å². The lowest BCUT2D eigenvalue weighted by Gasteiger charge is -2.14. The van der Waals surface area contributed by atoms with E-state index < -0.39 is 20.2 Å². The molecule has 230 valence electrons. The predicted octanol–water partition coefficient (Wildman–Crippen LogP) is 9.37. The highest BCUT2D eigenvalue weighted by molar-refractivity contribution is 7.86. The summed E-state index contributed by atoms with van der Waals surface area (Å²) in [5.74, 6) is 0. The normalized spacial score (nSPS) is 12.4. The predicted molar refractivity (Wildman–Crippen MR) is 177 cm³/mol. The highest BCUT2D eigenvalue weighted by Gasteiger charge is 2.19. The van der Waals surface area contributed by atoms with Crippen LogP contribution < -0.4 is 5.32 Å². The third kappa shape index (κ3) is 6.53. The van der Waals surface area contributed by atoms with Crippen molar-refractivity contribution in [3.63, 3.8) is 0 Å². The lowest BCUT2D eigenvalue weighted by molar-refractivity contribution is 0.481. The molecule has 0 aliphatic heterocycles. The van der Waals surface area contributed by atoms with Crippen LogP contribution in [0.25, 0.3) is 21.5 Å². The first kappa shape index (κ1) is 30.7. The minimum absolute atomic E-state index is 0.223. The number of fused-ring (bicyclic) bond motifs is 2. The van der Waals surface area contributed by atoms with E-state index in [-0.39, 0.29) is 15.2 Å². The monoisotopic (exact) mass is 651 g/mol. The number of hydrogen-bond acceptors (Lipinski definition) is 9. The molecule has 6 aromatic carbocycles. The molecule has 13 heteroatoms. The first-order chi connectivity index (χ1) is 22.0. The van der Waals surface area contributed by atoms with Crippen LogP contribution in [0.1, 0.15) is 5.56 Å². The number of nitrogens with one attached hydrogen (secondary N) is 1. The fourth-order valence-electron chi connectivity index (χ4n) is 4.90. The van der Waals surface area contributed by atoms with Crippen LogP contribution in [0.2, 0.25) is 0 Å². The third-order valence-electron chi connectivity index (χ3n) is 7.12. The van der Waals surface area contributed by atoms with Crippen molar-refractivity contribution in [2.75, 3.05) is 5.32 Å². The molecule has 0 fully saturated rings. The van der Waals surface area contributed by atoms with Gasteiger partial charge in [-0.25, -0.2) is 0 Å². The summed E-state index contributed by atoms with van der Waals surface area (Å²) < 4.78 is 68.4. The summed E-state index contributed by atoms with van der Waals surface area (Å²) in [6, 6.07) is 31.5. The van der Waals surface area contributed by atoms with Gasteiger partial charge in [0.2, 0.25) is 0 Å². The van der Waals surface area contributed by atoms with E-state index in [0.29, 0.717) is 50.3 Å². The maximum absolute atomic E-state index is 12.4. The second-order valence-corrected chi connectivity index (χ2v) is 13.1. The van der Waals surface area contributed by atoms with Gasteiger partial charge < -0.3 is 5.32 Å². The van der Waals surface area contributed by atoms with Gasteiger partial charge in [-0.3, -0.25) is 9.11 Å². The minimum Gasteiger partial charge on any atom is -0.355 e. The molecule has 0 spiro atoms. The molecule has 6 aromatic rings. The van der Waals surface area contributed by atoms with Gasteiger partial charge in [0.1, 0.15) is 4.90 Å². The van der Waals surface area contributed by atoms with Gasteiger partial charge in [-0.15, -0.1) is 15.3 Å². The Morgan fingerprint density at radius 2 is 1.20 bits per heavy atom. The van der Waals surface area contributed by atoms with Crippen LogP contribution in [0.4, 0.5) is 34.1 Å². The molecule has 0 amide bonds. The zero-order valence-corrected chi connectivity index (χ0v) is 25.7. The van der Waals surface area contributed by atoms with E-state index in [0.717, 1.165) is 5.56 Å². The molecule has 11 nitrogen and oxygen atoms in total. The Labute approximate surface area is 264 Å². The van der Waals surface area contributed by atoms with Gasteiger partial charge in [0, 0.05) is 32.9 Å². The largest absolute Gasteiger partial charge is 0.355 e. The van der Waals surface area contributed by atoms with Gasteiger partial charge in [-0.2, -0.15) is 21.9 Å². The topological polar surface area (TPSA) is 170 Å². The standard InChI is InChI=1S/C33H25N5O6S2/c1-21-10-12-22(13-11-21)34-31-19-18-29(26-8-5-9-32(33(26)31)46(42,43)44)38-37-28-16-17-30(36-35-23-6-3-2-4-7-23)27-20-24(45(39,40)41)14-15-25(27)28/h2-20,34H,1H3,(H,39,40,41)(H,42,43,44). The van der Waals surface area contributed by atoms with Crippen molar-refractivity contribution < 1.29 is 25.9 Å². The second kappa shape index (κ2) is 12.2. The summed E-state index contributed by atoms with van der Waals surface area (Å²) in [7, 11) is -9.13. The van der Waals surface area contributed by atoms with Crippen molar-refractivity contribution in [1.29, 1.82) is 0 Å². The molecule has 3 N–H and O–H groups in total. The van der Waals surface area contributed by atoms with Crippen molar-refractivity contribution in [3.8, 4) is 0 Å². The van der Waals surface area contributed by atoms with Crippen molar-refractivity contribution in [2.24, 2.45) is 20.5 Å². The zero-order chi connectivity index (χ0) is 32.5. The van der Waals surface area contributed by atoms with Crippen molar-refractivity contribution >= 4 is 75.9 Å². The summed E-state index contributed by atoms with van der Waals surface area (Å²) in [5, 5.41) is 22.1. The number of anilines is 2. The summed E-state index contributed by atoms with van der Waals surface area (Å²) in [4.78, 5) is -0.626. The van der Waals surface area contributed by atoms with Crippen molar-refractivity contribution in [3.05, 3.63) is 121 Å². The van der Waals surface area contributed by atoms with E-state index in [1.807, 2.05) is 37.3 Å². The molecule has 6 rings (SSSR count). The van der Waals surface area contributed by atoms with Gasteiger partial charge in [-0.05, 0) is 73.7 Å². The molecule has 0 radical (unpaired) electrons. The smallest absolute Gasteiger partial charge is 0.295 e. The lowest BCUT2D eigenvalue weighted by atomic mass is 10.1. The second-order valence-electron chi connectivity index (χ2n) is 10.3. The average Bonchev–Trinajstić information content (AvgIpc) is 3.03. The van der Waals surface area contributed by atoms with E-state index >= 15 is 0 Å². The van der Waals surface area contributed by atoms with E-state index in [1.54, 1.807) is 54.6 Å². The number of hydrogen-bond donors (Lipinski definition) is 3. The van der Waals surface area contributed by atoms with Crippen LogP contribution in [0.15, 0.2) is 146 Å². The average molecular weight is 652 g/mol. The fourth-order valence-corrected chi connectivity index (χ4v) is 6.14. The Balaban J connectivity index is 1.47. The van der Waals surface area contributed by atoms with Gasteiger partial charge >= 0.3 is 0 Å². The van der Waals surface area contributed by atoms with Crippen LogP contribution >= 0.6 is 0 Å². The van der Waals surface area contributed by atoms with Crippen LogP contribution in [-0.4, -0.2) is 25.9 Å². The Morgan fingerprint density at radius 3 is 1.87 bits per heavy atom. The molecular formula is C33H25N5O6S2. The Morgan fingerprint density at radius 1 is 0.565 bits per heavy atom. The SMILES string of the molecule is Cc1ccc(Nc2ccc(N=Nc3ccc(N=Nc4ccccc4)c4cc(S(=O)(=O)O)ccc34)c3cccc(S(=O)(=O)O)c23)cc1. The van der Waals surface area contributed by atoms with Crippen LogP contribution in [0.3, 0.4) is 0 Å². The van der Waals surface area contributed by atoms with Crippen LogP contribution in [0.5, 0.6) is 0 Å². The molecule has 0 heterocycles. The summed E-state index contributed by atoms with van der Waals surface area (Å²) in [5.41, 5.74) is 3.77. The summed E-state index contributed by atoms with van der Waals surface area (Å²) in [6.45, 7) is 1.95. The van der Waals surface area contributed by atoms with Crippen molar-refractivity contribution in [1.82, 2.24) is 0 Å². The molecule has 0 aliphatic rings. The summed E-state index contributed by atoms with van der Waals surface area (Å²) in [6.07, 6.45) is 0. The van der Waals surface area contributed by atoms with Gasteiger partial charge in [0.25, 0.3) is 20.2 Å². The molecule has 0 aliphatic carbocycles. The molecule has 0 saturated heterocycles. The van der Waals surface area contributed by atoms with E-state index in [4.69, 9.17) is 0 Å². The number of aryl methyl sites for hydroxylation is 1. The number of nitrogens with zero attached hydrogens (tertiary/aromatic N) is 4. The van der Waals surface area contributed by atoms with Gasteiger partial charge in [-0.1, -0.05) is 54.1 Å².